The Kier molecular flexibility index (Phi) is 7.89. The van der Waals surface area contributed by atoms with E-state index in [1.54, 1.807) is 0 Å². The van der Waals surface area contributed by atoms with E-state index in [1.807, 2.05) is 0 Å². The van der Waals surface area contributed by atoms with Gasteiger partial charge >= 0.3 is 192 Å². The van der Waals surface area contributed by atoms with Crippen LogP contribution >= 0.6 is 0 Å². The van der Waals surface area contributed by atoms with Crippen molar-refractivity contribution < 1.29 is 0 Å². The second kappa shape index (κ2) is 10.4. The number of aliphatic imine (C=N–C) groups is 1. The van der Waals surface area contributed by atoms with Gasteiger partial charge in [0.05, 0.1) is 0 Å². The van der Waals surface area contributed by atoms with Crippen LogP contribution in [0.5, 0.6) is 0 Å². The summed E-state index contributed by atoms with van der Waals surface area (Å²) in [6.45, 7) is 12.1. The van der Waals surface area contributed by atoms with E-state index in [-0.39, 0.29) is 11.5 Å². The van der Waals surface area contributed by atoms with Crippen LogP contribution in [0.1, 0.15) is 37.5 Å². The van der Waals surface area contributed by atoms with E-state index in [9.17, 15) is 0 Å². The zero-order valence-electron chi connectivity index (χ0n) is 18.6. The molecule has 3 heteroatoms. The third-order valence-corrected chi connectivity index (χ3v) is 8.07. The summed E-state index contributed by atoms with van der Waals surface area (Å²) in [7, 11) is 0. The molecule has 0 aliphatic carbocycles. The van der Waals surface area contributed by atoms with Crippen molar-refractivity contribution in [1.82, 2.24) is 5.32 Å². The predicted molar refractivity (Wildman–Crippen MR) is 131 cm³/mol. The molecule has 0 bridgehead atoms. The Balaban J connectivity index is 2.01. The molecule has 0 spiro atoms. The van der Waals surface area contributed by atoms with Gasteiger partial charge < -0.3 is 0 Å². The fourth-order valence-corrected chi connectivity index (χ4v) is 6.93. The van der Waals surface area contributed by atoms with Crippen molar-refractivity contribution >= 4 is 34.0 Å². The van der Waals surface area contributed by atoms with Gasteiger partial charge in [0, 0.05) is 0 Å². The summed E-state index contributed by atoms with van der Waals surface area (Å²) in [5, 5.41) is 3.86. The molecular weight excluding hydrogens is 480 g/mol. The Morgan fingerprint density at radius 2 is 1.40 bits per heavy atom. The third kappa shape index (κ3) is 6.29. The average Bonchev–Trinajstić information content (AvgIpc) is 2.71. The summed E-state index contributed by atoms with van der Waals surface area (Å²) in [6.07, 6.45) is 0. The monoisotopic (exact) mass is 514 g/mol. The number of para-hydroxylation sites is 1. The Hall–Kier alpha value is -1.92. The number of benzene rings is 3. The van der Waals surface area contributed by atoms with Gasteiger partial charge in [-0.3, -0.25) is 0 Å². The number of nitrogens with zero attached hydrogens (tertiary/aromatic N) is 1. The molecule has 0 aliphatic heterocycles. The van der Waals surface area contributed by atoms with Crippen LogP contribution in [0.3, 0.4) is 0 Å². The molecule has 0 heterocycles. The first-order valence-electron chi connectivity index (χ1n) is 10.5. The van der Waals surface area contributed by atoms with Gasteiger partial charge in [-0.1, -0.05) is 0 Å². The summed E-state index contributed by atoms with van der Waals surface area (Å²) >= 11 is -0.614. The minimum absolute atomic E-state index is 0.0593. The maximum atomic E-state index is 5.34. The van der Waals surface area contributed by atoms with Gasteiger partial charge in [-0.25, -0.2) is 0 Å². The molecule has 0 aliphatic rings. The van der Waals surface area contributed by atoms with Crippen molar-refractivity contribution in [2.24, 2.45) is 10.4 Å². The molecule has 2 nitrogen and oxygen atoms in total. The van der Waals surface area contributed by atoms with Gasteiger partial charge in [0.25, 0.3) is 0 Å². The van der Waals surface area contributed by atoms with Gasteiger partial charge in [-0.15, -0.1) is 0 Å². The van der Waals surface area contributed by atoms with Gasteiger partial charge in [0.15, 0.2) is 0 Å². The Morgan fingerprint density at radius 1 is 0.833 bits per heavy atom. The summed E-state index contributed by atoms with van der Waals surface area (Å²) in [5.74, 6) is 0. The molecule has 1 N–H and O–H groups in total. The van der Waals surface area contributed by atoms with Crippen LogP contribution in [0.2, 0.25) is 0 Å². The molecule has 3 rings (SSSR count). The topological polar surface area (TPSA) is 24.4 Å². The van der Waals surface area contributed by atoms with Crippen molar-refractivity contribution in [2.45, 2.75) is 47.2 Å². The van der Waals surface area contributed by atoms with E-state index in [2.05, 4.69) is 119 Å². The Labute approximate surface area is 191 Å². The number of hydrogen-bond acceptors (Lipinski definition) is 2. The summed E-state index contributed by atoms with van der Waals surface area (Å²) in [4.78, 5) is 5.34. The number of hydrogen-bond donors (Lipinski definition) is 1. The fraction of sp³-hybridized carbons (Fsp3) is 0.296. The minimum atomic E-state index is -0.614. The van der Waals surface area contributed by atoms with E-state index in [0.717, 1.165) is 12.2 Å². The van der Waals surface area contributed by atoms with Crippen molar-refractivity contribution in [1.29, 1.82) is 0 Å². The fourth-order valence-electron chi connectivity index (χ4n) is 3.43. The molecule has 156 valence electrons. The second-order valence-electron chi connectivity index (χ2n) is 8.77. The third-order valence-electron chi connectivity index (χ3n) is 5.09. The second-order valence-corrected chi connectivity index (χ2v) is 11.9. The van der Waals surface area contributed by atoms with Gasteiger partial charge in [-0.2, -0.15) is 0 Å². The molecule has 0 saturated heterocycles. The van der Waals surface area contributed by atoms with Crippen LogP contribution in [-0.4, -0.2) is 30.7 Å². The van der Waals surface area contributed by atoms with Crippen molar-refractivity contribution in [3.8, 4) is 0 Å². The van der Waals surface area contributed by atoms with Crippen molar-refractivity contribution in [3.05, 3.63) is 95.6 Å². The predicted octanol–water partition coefficient (Wildman–Crippen LogP) is 5.57. The first kappa shape index (κ1) is 22.8. The molecule has 1 unspecified atom stereocenters. The SMILES string of the molecule is Cc1cccc(C)c1N=C([Te]c1ccccc1)C(NCc1ccccc1)C(C)(C)C. The van der Waals surface area contributed by atoms with E-state index in [0.29, 0.717) is 0 Å². The molecule has 0 aromatic heterocycles. The maximum absolute atomic E-state index is 5.34. The van der Waals surface area contributed by atoms with Gasteiger partial charge in [0.1, 0.15) is 0 Å². The molecular formula is C27H32N2Te. The van der Waals surface area contributed by atoms with Crippen LogP contribution < -0.4 is 8.93 Å². The van der Waals surface area contributed by atoms with E-state index >= 15 is 0 Å². The van der Waals surface area contributed by atoms with Gasteiger partial charge in [-0.05, 0) is 0 Å². The van der Waals surface area contributed by atoms with Crippen LogP contribution in [-0.2, 0) is 6.54 Å². The van der Waals surface area contributed by atoms with Crippen LogP contribution in [0.15, 0.2) is 83.9 Å². The summed E-state index contributed by atoms with van der Waals surface area (Å²) in [5.41, 5.74) is 4.97. The molecule has 0 fully saturated rings. The zero-order chi connectivity index (χ0) is 21.6. The molecule has 1 atom stereocenters. The molecule has 0 saturated carbocycles. The van der Waals surface area contributed by atoms with Crippen LogP contribution in [0, 0.1) is 19.3 Å². The van der Waals surface area contributed by atoms with E-state index in [4.69, 9.17) is 4.99 Å². The van der Waals surface area contributed by atoms with E-state index in [1.165, 1.54) is 24.1 Å². The average molecular weight is 512 g/mol. The number of nitrogens with one attached hydrogen (secondary N) is 1. The zero-order valence-corrected chi connectivity index (χ0v) is 21.0. The summed E-state index contributed by atoms with van der Waals surface area (Å²) < 4.78 is 2.73. The number of rotatable bonds is 7. The molecule has 30 heavy (non-hydrogen) atoms. The molecule has 3 aromatic rings. The number of aryl methyl sites for hydroxylation is 2. The first-order chi connectivity index (χ1) is 14.3. The van der Waals surface area contributed by atoms with Crippen molar-refractivity contribution in [3.63, 3.8) is 0 Å². The normalized spacial score (nSPS) is 13.3. The van der Waals surface area contributed by atoms with Crippen molar-refractivity contribution in [2.75, 3.05) is 0 Å². The van der Waals surface area contributed by atoms with E-state index < -0.39 is 20.9 Å². The molecule has 0 radical (unpaired) electrons. The van der Waals surface area contributed by atoms with Crippen LogP contribution in [0.4, 0.5) is 5.69 Å². The first-order valence-corrected chi connectivity index (χ1v) is 12.8. The molecule has 3 aromatic carbocycles. The van der Waals surface area contributed by atoms with Crippen LogP contribution in [0.25, 0.3) is 0 Å². The standard InChI is InChI=1S/C27H32N2Te/c1-20-13-12-14-21(2)24(20)29-26(30-23-17-10-7-11-18-23)25(27(3,4)5)28-19-22-15-8-6-9-16-22/h6-18,25,28H,19H2,1-5H3. The Bertz CT molecular complexity index is 952. The Morgan fingerprint density at radius 3 is 1.97 bits per heavy atom. The van der Waals surface area contributed by atoms with Gasteiger partial charge in [0.2, 0.25) is 0 Å². The summed E-state index contributed by atoms with van der Waals surface area (Å²) in [6, 6.07) is 28.2. The molecule has 0 amide bonds. The quantitative estimate of drug-likeness (QED) is 0.325.